The molecule has 4 aliphatic heterocycles. The molecular formula is C76H96BrN13O20. The normalized spacial score (nSPS) is 16.7. The second-order valence-corrected chi connectivity index (χ2v) is 26.5. The number of aryl methyl sites for hydroxylation is 5. The van der Waals surface area contributed by atoms with Crippen LogP contribution in [0.15, 0.2) is 96.4 Å². The highest BCUT2D eigenvalue weighted by atomic mass is 79.9. The third-order valence-corrected chi connectivity index (χ3v) is 18.5. The van der Waals surface area contributed by atoms with Crippen molar-refractivity contribution in [3.05, 3.63) is 136 Å². The molecular weight excluding hydrogens is 1490 g/mol. The number of aliphatic hydroxyl groups excluding tert-OH is 3. The van der Waals surface area contributed by atoms with Crippen LogP contribution < -0.4 is 50.2 Å². The number of halogens is 1. The zero-order valence-corrected chi connectivity index (χ0v) is 62.6. The highest BCUT2D eigenvalue weighted by molar-refractivity contribution is 9.10. The number of aldehydes is 1. The van der Waals surface area contributed by atoms with Crippen LogP contribution in [0.3, 0.4) is 0 Å². The monoisotopic (exact) mass is 1590 g/mol. The van der Waals surface area contributed by atoms with E-state index in [4.69, 9.17) is 40.7 Å². The van der Waals surface area contributed by atoms with Crippen LogP contribution in [-0.2, 0) is 96.1 Å². The Balaban J connectivity index is 0.000000221. The number of aliphatic hydroxyl groups is 3. The van der Waals surface area contributed by atoms with Gasteiger partial charge < -0.3 is 50.2 Å². The number of piperidine rings is 4. The molecule has 34 heteroatoms. The summed E-state index contributed by atoms with van der Waals surface area (Å²) in [5.41, 5.74) is 7.20. The van der Waals surface area contributed by atoms with Gasteiger partial charge in [0.1, 0.15) is 43.7 Å². The molecule has 4 fully saturated rings. The number of rotatable bonds is 26. The van der Waals surface area contributed by atoms with Gasteiger partial charge in [-0.2, -0.15) is 0 Å². The quantitative estimate of drug-likeness (QED) is 0.0162. The number of nitrogens with one attached hydrogen (secondary N) is 5. The van der Waals surface area contributed by atoms with Crippen LogP contribution in [0.2, 0.25) is 0 Å². The number of aromatic amines is 1. The first-order chi connectivity index (χ1) is 52.0. The minimum atomic E-state index is -0.698. The summed E-state index contributed by atoms with van der Waals surface area (Å²) in [7, 11) is 5.01. The molecule has 0 radical (unpaired) electrons. The van der Waals surface area contributed by atoms with E-state index in [0.717, 1.165) is 64.2 Å². The molecule has 12 rings (SSSR count). The summed E-state index contributed by atoms with van der Waals surface area (Å²) in [6, 6.07) is 19.5. The Morgan fingerprint density at radius 1 is 0.473 bits per heavy atom. The number of hydrogen-bond donors (Lipinski definition) is 9. The molecule has 33 nitrogen and oxygen atoms in total. The predicted octanol–water partition coefficient (Wildman–Crippen LogP) is 3.46. The second kappa shape index (κ2) is 43.6. The lowest BCUT2D eigenvalue weighted by Crippen LogP contribution is -2.44. The van der Waals surface area contributed by atoms with Crippen molar-refractivity contribution in [1.82, 2.24) is 64.4 Å². The van der Waals surface area contributed by atoms with Crippen molar-refractivity contribution >= 4 is 114 Å². The summed E-state index contributed by atoms with van der Waals surface area (Å²) in [5.74, 6) is 5.24. The van der Waals surface area contributed by atoms with Crippen molar-refractivity contribution in [2.75, 3.05) is 72.7 Å². The lowest BCUT2D eigenvalue weighted by Gasteiger charge is -2.21. The van der Waals surface area contributed by atoms with Crippen molar-refractivity contribution in [3.8, 4) is 24.2 Å². The van der Waals surface area contributed by atoms with Crippen molar-refractivity contribution in [3.63, 3.8) is 0 Å². The van der Waals surface area contributed by atoms with Gasteiger partial charge in [-0.05, 0) is 142 Å². The minimum absolute atomic E-state index is 0. The van der Waals surface area contributed by atoms with Gasteiger partial charge in [-0.15, -0.1) is 6.42 Å². The van der Waals surface area contributed by atoms with Gasteiger partial charge in [0.15, 0.2) is 0 Å². The standard InChI is InChI=1S/C19H25N3O5.C19H23N3O5.C19H21N3O5.C12H10BrN3O3.C6H10O2.CH4.H3N/c3*1-21-16-12-13(4-2-10-27-11-3-9-23)5-6-14(16)22(19(21)26)15-7-8-17(24)20-18(15)25;13-6-1-2-8-7(5-6)14-12(19)16(8)9-3-4-10(17)15-11(9)18;1-2-5-8-6-3-4-7;;/h5-6,12,15,23H,2-4,7-11H2,1H3,(H,20,24,25);5-6,9,12,15H,2-4,7-8,10-11H2,1H3,(H,20,24,25);5-6,12,15,23H,3,7-11H2,1H3,(H,20,24,25);1-2,5,9H,3-4H2,(H,14,19)(H,15,17,18);1,7H,3-6H2;1H4;1H3. The van der Waals surface area contributed by atoms with Crippen LogP contribution in [-0.4, -0.2) is 178 Å². The lowest BCUT2D eigenvalue weighted by atomic mass is 10.1. The molecule has 8 amide bonds. The van der Waals surface area contributed by atoms with E-state index >= 15 is 0 Å². The van der Waals surface area contributed by atoms with Crippen molar-refractivity contribution in [2.45, 2.75) is 134 Å². The topological polar surface area (TPSA) is 453 Å². The molecule has 8 heterocycles. The average molecular weight is 1590 g/mol. The van der Waals surface area contributed by atoms with E-state index in [1.807, 2.05) is 36.4 Å². The Kier molecular flexibility index (Phi) is 35.0. The van der Waals surface area contributed by atoms with Gasteiger partial charge in [0.25, 0.3) is 0 Å². The number of carbonyl (C=O) groups excluding carboxylic acids is 9. The fourth-order valence-corrected chi connectivity index (χ4v) is 12.9. The number of fused-ring (bicyclic) bond motifs is 4. The van der Waals surface area contributed by atoms with Crippen molar-refractivity contribution in [2.24, 2.45) is 21.1 Å². The molecule has 110 heavy (non-hydrogen) atoms. The van der Waals surface area contributed by atoms with Crippen LogP contribution in [0.4, 0.5) is 0 Å². The number of imide groups is 4. The fourth-order valence-electron chi connectivity index (χ4n) is 12.6. The Morgan fingerprint density at radius 2 is 0.845 bits per heavy atom. The molecule has 4 saturated heterocycles. The molecule has 11 N–H and O–H groups in total. The molecule has 4 aromatic heterocycles. The number of benzene rings is 4. The van der Waals surface area contributed by atoms with Gasteiger partial charge in [0.05, 0.1) is 64.0 Å². The molecule has 0 spiro atoms. The van der Waals surface area contributed by atoms with Gasteiger partial charge in [-0.1, -0.05) is 53.3 Å². The molecule has 4 atom stereocenters. The van der Waals surface area contributed by atoms with Gasteiger partial charge in [0, 0.05) is 103 Å². The highest BCUT2D eigenvalue weighted by Crippen LogP contribution is 2.29. The smallest absolute Gasteiger partial charge is 0.329 e. The molecule has 0 aliphatic carbocycles. The van der Waals surface area contributed by atoms with Crippen LogP contribution in [0.25, 0.3) is 44.1 Å². The van der Waals surface area contributed by atoms with Gasteiger partial charge in [-0.3, -0.25) is 91.6 Å². The number of ether oxygens (including phenoxy) is 4. The minimum Gasteiger partial charge on any atom is -0.396 e. The van der Waals surface area contributed by atoms with Gasteiger partial charge in [0.2, 0.25) is 47.3 Å². The Hall–Kier alpha value is -10.5. The molecule has 4 aromatic carbocycles. The molecule has 8 aromatic rings. The lowest BCUT2D eigenvalue weighted by molar-refractivity contribution is -0.137. The Labute approximate surface area is 640 Å². The van der Waals surface area contributed by atoms with E-state index in [9.17, 15) is 62.3 Å². The Bertz CT molecular complexity index is 4960. The zero-order chi connectivity index (χ0) is 78.0. The number of H-pyrrole nitrogens is 1. The maximum atomic E-state index is 12.7. The van der Waals surface area contributed by atoms with Crippen molar-refractivity contribution in [1.29, 1.82) is 0 Å². The third kappa shape index (κ3) is 23.0. The van der Waals surface area contributed by atoms with E-state index in [-0.39, 0.29) is 112 Å². The van der Waals surface area contributed by atoms with E-state index in [0.29, 0.717) is 131 Å². The maximum Gasteiger partial charge on any atom is 0.329 e. The Morgan fingerprint density at radius 3 is 1.25 bits per heavy atom. The first-order valence-electron chi connectivity index (χ1n) is 35.4. The average Bonchev–Trinajstić information content (AvgIpc) is 1.63. The second-order valence-electron chi connectivity index (χ2n) is 25.5. The summed E-state index contributed by atoms with van der Waals surface area (Å²) < 4.78 is 32.1. The van der Waals surface area contributed by atoms with E-state index in [1.165, 1.54) is 27.4 Å². The van der Waals surface area contributed by atoms with E-state index in [2.05, 4.69) is 59.9 Å². The summed E-state index contributed by atoms with van der Waals surface area (Å²) >= 11 is 3.33. The predicted molar refractivity (Wildman–Crippen MR) is 411 cm³/mol. The number of hydrogen-bond acceptors (Lipinski definition) is 21. The highest BCUT2D eigenvalue weighted by Gasteiger charge is 2.35. The van der Waals surface area contributed by atoms with Crippen molar-refractivity contribution < 1.29 is 77.4 Å². The van der Waals surface area contributed by atoms with Crippen LogP contribution >= 0.6 is 15.9 Å². The fraction of sp³-hybridized carbons (Fsp3) is 0.461. The number of nitrogens with zero attached hydrogens (tertiary/aromatic N) is 7. The number of amides is 8. The first kappa shape index (κ1) is 88.4. The van der Waals surface area contributed by atoms with Crippen LogP contribution in [0.1, 0.15) is 138 Å². The third-order valence-electron chi connectivity index (χ3n) is 18.0. The largest absolute Gasteiger partial charge is 0.396 e. The molecule has 592 valence electrons. The zero-order valence-electron chi connectivity index (χ0n) is 61.0. The summed E-state index contributed by atoms with van der Waals surface area (Å²) in [4.78, 5) is 157. The SMILES string of the molecule is C.C#CCOCCCO.Cn1c(=O)n(C2CCC(=O)NC2=O)c2ccc(C#CCOCCCO)cc21.Cn1c(=O)n(C2CCC(=O)NC2=O)c2ccc(CCCOCCC=O)cc21.Cn1c(=O)n(C2CCC(=O)NC2=O)c2ccc(CCCOCCCO)cc21.N.O=C1CCC(n2c(=O)[nH]c3cc(Br)ccc32)C(=O)N1. The number of terminal acetylenes is 1. The summed E-state index contributed by atoms with van der Waals surface area (Å²) in [5, 5.41) is 34.8. The number of carbonyl (C=O) groups is 9. The molecule has 4 unspecified atom stereocenters. The first-order valence-corrected chi connectivity index (χ1v) is 36.2. The maximum absolute atomic E-state index is 12.7. The van der Waals surface area contributed by atoms with Crippen LogP contribution in [0, 0.1) is 24.2 Å². The van der Waals surface area contributed by atoms with E-state index in [1.54, 1.807) is 62.1 Å². The number of imidazole rings is 4. The van der Waals surface area contributed by atoms with E-state index < -0.39 is 47.8 Å². The van der Waals surface area contributed by atoms with Gasteiger partial charge in [-0.25, -0.2) is 19.2 Å². The molecule has 0 bridgehead atoms. The van der Waals surface area contributed by atoms with Gasteiger partial charge >= 0.3 is 22.8 Å². The molecule has 0 saturated carbocycles. The van der Waals surface area contributed by atoms with Crippen LogP contribution in [0.5, 0.6) is 0 Å². The number of aromatic nitrogens is 8. The summed E-state index contributed by atoms with van der Waals surface area (Å²) in [6.07, 6.45) is 13.5. The summed E-state index contributed by atoms with van der Waals surface area (Å²) in [6.45, 7) is 4.19. The molecule has 4 aliphatic rings.